The van der Waals surface area contributed by atoms with E-state index in [1.54, 1.807) is 31.2 Å². The number of carbonyl (C=O) groups excluding carboxylic acids is 3. The Labute approximate surface area is 184 Å². The molecule has 0 spiro atoms. The van der Waals surface area contributed by atoms with Gasteiger partial charge in [-0.25, -0.2) is 4.39 Å². The van der Waals surface area contributed by atoms with Gasteiger partial charge in [0.2, 0.25) is 5.91 Å². The lowest BCUT2D eigenvalue weighted by Crippen LogP contribution is -2.16. The van der Waals surface area contributed by atoms with Crippen molar-refractivity contribution in [3.63, 3.8) is 0 Å². The molecule has 32 heavy (non-hydrogen) atoms. The summed E-state index contributed by atoms with van der Waals surface area (Å²) in [6.45, 7) is 3.66. The molecule has 4 rings (SSSR count). The molecule has 2 atom stereocenters. The summed E-state index contributed by atoms with van der Waals surface area (Å²) in [5.74, 6) is -0.690. The molecule has 1 aliphatic rings. The van der Waals surface area contributed by atoms with E-state index in [-0.39, 0.29) is 17.5 Å². The van der Waals surface area contributed by atoms with Crippen molar-refractivity contribution in [2.24, 2.45) is 11.8 Å². The van der Waals surface area contributed by atoms with Crippen LogP contribution in [0.3, 0.4) is 0 Å². The molecule has 1 aliphatic carbocycles. The lowest BCUT2D eigenvalue weighted by molar-refractivity contribution is -0.117. The average Bonchev–Trinajstić information content (AvgIpc) is 3.35. The van der Waals surface area contributed by atoms with Crippen molar-refractivity contribution >= 4 is 34.8 Å². The van der Waals surface area contributed by atoms with E-state index >= 15 is 0 Å². The molecular formula is C24H22FN3O4. The molecule has 8 heteroatoms. The lowest BCUT2D eigenvalue weighted by Gasteiger charge is -2.10. The largest absolute Gasteiger partial charge is 0.469 e. The third-order valence-corrected chi connectivity index (χ3v) is 5.44. The number of aryl methyl sites for hydroxylation is 1. The van der Waals surface area contributed by atoms with Gasteiger partial charge in [0, 0.05) is 22.9 Å². The summed E-state index contributed by atoms with van der Waals surface area (Å²) in [5.41, 5.74) is 1.53. The maximum Gasteiger partial charge on any atom is 0.259 e. The maximum atomic E-state index is 14.2. The van der Waals surface area contributed by atoms with E-state index in [0.29, 0.717) is 34.2 Å². The molecule has 3 N–H and O–H groups in total. The molecule has 0 aliphatic heterocycles. The first-order chi connectivity index (χ1) is 15.3. The van der Waals surface area contributed by atoms with Gasteiger partial charge in [-0.3, -0.25) is 14.4 Å². The zero-order valence-electron chi connectivity index (χ0n) is 17.6. The molecule has 0 radical (unpaired) electrons. The summed E-state index contributed by atoms with van der Waals surface area (Å²) in [4.78, 5) is 36.9. The highest BCUT2D eigenvalue weighted by Gasteiger charge is 2.39. The van der Waals surface area contributed by atoms with E-state index in [9.17, 15) is 18.8 Å². The number of halogens is 1. The monoisotopic (exact) mass is 435 g/mol. The van der Waals surface area contributed by atoms with Crippen LogP contribution in [0.1, 0.15) is 39.8 Å². The Morgan fingerprint density at radius 3 is 2.25 bits per heavy atom. The fraction of sp³-hybridized carbons (Fsp3) is 0.208. The van der Waals surface area contributed by atoms with Gasteiger partial charge < -0.3 is 20.4 Å². The highest BCUT2D eigenvalue weighted by Crippen LogP contribution is 2.38. The summed E-state index contributed by atoms with van der Waals surface area (Å²) >= 11 is 0. The molecule has 1 aromatic heterocycles. The Kier molecular flexibility index (Phi) is 5.77. The highest BCUT2D eigenvalue weighted by molar-refractivity contribution is 6.07. The number of rotatable bonds is 6. The molecule has 0 saturated heterocycles. The number of hydrogen-bond donors (Lipinski definition) is 3. The predicted molar refractivity (Wildman–Crippen MR) is 118 cm³/mol. The molecule has 7 nitrogen and oxygen atoms in total. The van der Waals surface area contributed by atoms with Crippen LogP contribution in [0.15, 0.2) is 59.2 Å². The number of carbonyl (C=O) groups is 3. The number of benzene rings is 2. The number of amides is 3. The smallest absolute Gasteiger partial charge is 0.259 e. The molecule has 1 saturated carbocycles. The van der Waals surface area contributed by atoms with Crippen molar-refractivity contribution in [3.05, 3.63) is 77.5 Å². The minimum absolute atomic E-state index is 0.0128. The first-order valence-corrected chi connectivity index (χ1v) is 10.2. The number of nitrogens with one attached hydrogen (secondary N) is 3. The van der Waals surface area contributed by atoms with Gasteiger partial charge in [0.15, 0.2) is 0 Å². The van der Waals surface area contributed by atoms with Gasteiger partial charge in [-0.05, 0) is 67.8 Å². The van der Waals surface area contributed by atoms with Crippen LogP contribution in [0.25, 0.3) is 0 Å². The summed E-state index contributed by atoms with van der Waals surface area (Å²) in [5, 5.41) is 8.00. The van der Waals surface area contributed by atoms with Crippen LogP contribution in [0, 0.1) is 24.6 Å². The first-order valence-electron chi connectivity index (χ1n) is 10.2. The van der Waals surface area contributed by atoms with E-state index in [1.807, 2.05) is 6.92 Å². The minimum Gasteiger partial charge on any atom is -0.469 e. The van der Waals surface area contributed by atoms with Crippen LogP contribution in [-0.2, 0) is 4.79 Å². The Morgan fingerprint density at radius 2 is 1.62 bits per heavy atom. The second-order valence-electron chi connectivity index (χ2n) is 7.88. The molecule has 2 unspecified atom stereocenters. The van der Waals surface area contributed by atoms with E-state index < -0.39 is 17.6 Å². The highest BCUT2D eigenvalue weighted by atomic mass is 19.1. The average molecular weight is 435 g/mol. The molecule has 1 heterocycles. The second-order valence-corrected chi connectivity index (χ2v) is 7.88. The molecule has 0 bridgehead atoms. The van der Waals surface area contributed by atoms with Crippen LogP contribution < -0.4 is 16.0 Å². The van der Waals surface area contributed by atoms with E-state index in [0.717, 1.165) is 12.5 Å². The fourth-order valence-electron chi connectivity index (χ4n) is 3.34. The molecule has 3 aromatic rings. The van der Waals surface area contributed by atoms with Gasteiger partial charge in [-0.2, -0.15) is 0 Å². The summed E-state index contributed by atoms with van der Waals surface area (Å²) < 4.78 is 19.3. The standard InChI is InChI=1S/C24H22FN3O4/c1-13-11-19(13)24(31)26-16-5-3-15(4-6-16)22(29)27-17-7-8-20(25)21(12-17)28-23(30)18-9-10-32-14(18)2/h3-10,12-13,19H,11H2,1-2H3,(H,26,31)(H,27,29)(H,28,30). The van der Waals surface area contributed by atoms with Gasteiger partial charge in [0.25, 0.3) is 11.8 Å². The zero-order chi connectivity index (χ0) is 22.8. The summed E-state index contributed by atoms with van der Waals surface area (Å²) in [6, 6.07) is 11.9. The zero-order valence-corrected chi connectivity index (χ0v) is 17.6. The van der Waals surface area contributed by atoms with Gasteiger partial charge in [0.1, 0.15) is 11.6 Å². The Balaban J connectivity index is 1.40. The van der Waals surface area contributed by atoms with Gasteiger partial charge in [-0.1, -0.05) is 6.92 Å². The van der Waals surface area contributed by atoms with Crippen LogP contribution >= 0.6 is 0 Å². The predicted octanol–water partition coefficient (Wildman–Crippen LogP) is 4.83. The summed E-state index contributed by atoms with van der Waals surface area (Å²) in [6.07, 6.45) is 2.27. The SMILES string of the molecule is Cc1occc1C(=O)Nc1cc(NC(=O)c2ccc(NC(=O)C3CC3C)cc2)ccc1F. The molecule has 3 amide bonds. The lowest BCUT2D eigenvalue weighted by atomic mass is 10.1. The van der Waals surface area contributed by atoms with Crippen LogP contribution in [0.2, 0.25) is 0 Å². The Bertz CT molecular complexity index is 1190. The molecule has 164 valence electrons. The normalized spacial score (nSPS) is 16.8. The topological polar surface area (TPSA) is 100 Å². The third kappa shape index (κ3) is 4.69. The van der Waals surface area contributed by atoms with Crippen molar-refractivity contribution in [1.82, 2.24) is 0 Å². The van der Waals surface area contributed by atoms with E-state index in [1.165, 1.54) is 24.5 Å². The first kappa shape index (κ1) is 21.3. The van der Waals surface area contributed by atoms with Crippen molar-refractivity contribution < 1.29 is 23.2 Å². The van der Waals surface area contributed by atoms with Crippen molar-refractivity contribution in [1.29, 1.82) is 0 Å². The maximum absolute atomic E-state index is 14.2. The fourth-order valence-corrected chi connectivity index (χ4v) is 3.34. The molecule has 1 fully saturated rings. The number of furan rings is 1. The Morgan fingerprint density at radius 1 is 0.938 bits per heavy atom. The second kappa shape index (κ2) is 8.66. The van der Waals surface area contributed by atoms with Gasteiger partial charge in [0.05, 0.1) is 17.5 Å². The molecular weight excluding hydrogens is 413 g/mol. The van der Waals surface area contributed by atoms with Crippen molar-refractivity contribution in [3.8, 4) is 0 Å². The van der Waals surface area contributed by atoms with E-state index in [2.05, 4.69) is 16.0 Å². The Hall–Kier alpha value is -3.94. The summed E-state index contributed by atoms with van der Waals surface area (Å²) in [7, 11) is 0. The van der Waals surface area contributed by atoms with Crippen molar-refractivity contribution in [2.45, 2.75) is 20.3 Å². The quantitative estimate of drug-likeness (QED) is 0.516. The van der Waals surface area contributed by atoms with E-state index in [4.69, 9.17) is 4.42 Å². The third-order valence-electron chi connectivity index (χ3n) is 5.44. The van der Waals surface area contributed by atoms with Crippen molar-refractivity contribution in [2.75, 3.05) is 16.0 Å². The minimum atomic E-state index is -0.637. The van der Waals surface area contributed by atoms with Gasteiger partial charge in [-0.15, -0.1) is 0 Å². The van der Waals surface area contributed by atoms with Crippen LogP contribution in [0.5, 0.6) is 0 Å². The number of anilines is 3. The molecule has 2 aromatic carbocycles. The number of hydrogen-bond acceptors (Lipinski definition) is 4. The van der Waals surface area contributed by atoms with Crippen LogP contribution in [-0.4, -0.2) is 17.7 Å². The van der Waals surface area contributed by atoms with Gasteiger partial charge >= 0.3 is 0 Å². The van der Waals surface area contributed by atoms with Crippen LogP contribution in [0.4, 0.5) is 21.5 Å².